The predicted octanol–water partition coefficient (Wildman–Crippen LogP) is 3.82. The fourth-order valence-electron chi connectivity index (χ4n) is 2.03. The van der Waals surface area contributed by atoms with Crippen LogP contribution >= 0.6 is 0 Å². The Kier molecular flexibility index (Phi) is 3.17. The van der Waals surface area contributed by atoms with Gasteiger partial charge in [0, 0.05) is 5.56 Å². The molecule has 0 aliphatic rings. The summed E-state index contributed by atoms with van der Waals surface area (Å²) in [6, 6.07) is 16.5. The Balaban J connectivity index is 1.91. The number of aryl methyl sites for hydroxylation is 1. The molecule has 1 heterocycles. The highest BCUT2D eigenvalue weighted by molar-refractivity contribution is 5.67. The molecule has 0 radical (unpaired) electrons. The number of rotatable bonds is 2. The molecular weight excluding hydrogens is 248 g/mol. The molecule has 3 rings (SSSR count). The van der Waals surface area contributed by atoms with Crippen molar-refractivity contribution in [3.05, 3.63) is 66.5 Å². The molecule has 0 bridgehead atoms. The highest BCUT2D eigenvalue weighted by Gasteiger charge is 2.02. The predicted molar refractivity (Wildman–Crippen MR) is 79.3 cm³/mol. The van der Waals surface area contributed by atoms with Crippen molar-refractivity contribution in [2.75, 3.05) is 0 Å². The number of benzene rings is 2. The lowest BCUT2D eigenvalue weighted by Gasteiger charge is -2.04. The van der Waals surface area contributed by atoms with Gasteiger partial charge in [-0.05, 0) is 18.1 Å². The van der Waals surface area contributed by atoms with E-state index in [-0.39, 0.29) is 5.75 Å². The largest absolute Gasteiger partial charge is 0.505 e. The Bertz CT molecular complexity index is 637. The van der Waals surface area contributed by atoms with Crippen LogP contribution in [-0.2, 0) is 0 Å². The second-order valence-electron chi connectivity index (χ2n) is 4.71. The maximum absolute atomic E-state index is 9.19. The first-order chi connectivity index (χ1) is 9.72. The zero-order chi connectivity index (χ0) is 13.9. The Morgan fingerprint density at radius 2 is 1.15 bits per heavy atom. The first-order valence-corrected chi connectivity index (χ1v) is 6.41. The molecule has 0 amide bonds. The summed E-state index contributed by atoms with van der Waals surface area (Å²) >= 11 is 0. The smallest absolute Gasteiger partial charge is 0.159 e. The van der Waals surface area contributed by atoms with Crippen molar-refractivity contribution in [2.45, 2.75) is 6.92 Å². The van der Waals surface area contributed by atoms with E-state index < -0.39 is 0 Å². The van der Waals surface area contributed by atoms with E-state index in [0.717, 1.165) is 11.1 Å². The van der Waals surface area contributed by atoms with Gasteiger partial charge in [0.15, 0.2) is 11.6 Å². The lowest BCUT2D eigenvalue weighted by molar-refractivity contribution is 0.470. The molecule has 0 unspecified atom stereocenters. The Labute approximate surface area is 117 Å². The van der Waals surface area contributed by atoms with Gasteiger partial charge in [-0.1, -0.05) is 54.1 Å². The van der Waals surface area contributed by atoms with Gasteiger partial charge >= 0.3 is 0 Å². The number of hydrogen-bond acceptors (Lipinski definition) is 3. The van der Waals surface area contributed by atoms with Gasteiger partial charge in [0.2, 0.25) is 0 Å². The van der Waals surface area contributed by atoms with E-state index >= 15 is 0 Å². The van der Waals surface area contributed by atoms with E-state index in [0.29, 0.717) is 5.82 Å². The van der Waals surface area contributed by atoms with Crippen molar-refractivity contribution in [1.29, 1.82) is 0 Å². The quantitative estimate of drug-likeness (QED) is 0.763. The molecule has 0 spiro atoms. The third kappa shape index (κ3) is 2.52. The topological polar surface area (TPSA) is 46.0 Å². The molecular formula is C17H14N2O. The maximum atomic E-state index is 9.19. The van der Waals surface area contributed by atoms with Crippen LogP contribution in [0.3, 0.4) is 0 Å². The molecule has 20 heavy (non-hydrogen) atoms. The van der Waals surface area contributed by atoms with Crippen molar-refractivity contribution in [3.8, 4) is 28.3 Å². The van der Waals surface area contributed by atoms with E-state index in [1.165, 1.54) is 23.5 Å². The van der Waals surface area contributed by atoms with Gasteiger partial charge in [-0.25, -0.2) is 9.97 Å². The third-order valence-corrected chi connectivity index (χ3v) is 3.17. The second kappa shape index (κ2) is 5.13. The zero-order valence-corrected chi connectivity index (χ0v) is 11.1. The number of hydrogen-bond donors (Lipinski definition) is 1. The summed E-state index contributed by atoms with van der Waals surface area (Å²) in [5.74, 6) is 0.684. The number of aromatic nitrogens is 2. The molecule has 0 saturated heterocycles. The molecule has 3 aromatic rings. The standard InChI is InChI=1S/C17H14N2O/c1-12-2-4-13(5-3-12)14-6-8-15(9-7-14)17-18-10-16(20)11-19-17/h2-11,20H,1H3. The summed E-state index contributed by atoms with van der Waals surface area (Å²) in [6.07, 6.45) is 2.80. The normalized spacial score (nSPS) is 10.4. The fraction of sp³-hybridized carbons (Fsp3) is 0.0588. The lowest BCUT2D eigenvalue weighted by atomic mass is 10.0. The van der Waals surface area contributed by atoms with Crippen LogP contribution in [0.5, 0.6) is 5.75 Å². The molecule has 0 atom stereocenters. The molecule has 0 aliphatic heterocycles. The Morgan fingerprint density at radius 3 is 1.70 bits per heavy atom. The minimum Gasteiger partial charge on any atom is -0.505 e. The third-order valence-electron chi connectivity index (χ3n) is 3.17. The van der Waals surface area contributed by atoms with Crippen LogP contribution in [0.1, 0.15) is 5.56 Å². The zero-order valence-electron chi connectivity index (χ0n) is 11.1. The van der Waals surface area contributed by atoms with Gasteiger partial charge in [-0.3, -0.25) is 0 Å². The molecule has 1 aromatic heterocycles. The van der Waals surface area contributed by atoms with Crippen molar-refractivity contribution in [1.82, 2.24) is 9.97 Å². The Morgan fingerprint density at radius 1 is 0.700 bits per heavy atom. The van der Waals surface area contributed by atoms with Crippen LogP contribution in [0.4, 0.5) is 0 Å². The molecule has 3 heteroatoms. The van der Waals surface area contributed by atoms with Crippen LogP contribution in [0.15, 0.2) is 60.9 Å². The maximum Gasteiger partial charge on any atom is 0.159 e. The van der Waals surface area contributed by atoms with Crippen LogP contribution in [0.2, 0.25) is 0 Å². The van der Waals surface area contributed by atoms with E-state index in [4.69, 9.17) is 0 Å². The van der Waals surface area contributed by atoms with E-state index in [1.54, 1.807) is 0 Å². The summed E-state index contributed by atoms with van der Waals surface area (Å²) in [4.78, 5) is 8.20. The van der Waals surface area contributed by atoms with Gasteiger partial charge in [-0.2, -0.15) is 0 Å². The van der Waals surface area contributed by atoms with Gasteiger partial charge in [-0.15, -0.1) is 0 Å². The molecule has 0 fully saturated rings. The van der Waals surface area contributed by atoms with Crippen molar-refractivity contribution < 1.29 is 5.11 Å². The van der Waals surface area contributed by atoms with Crippen LogP contribution in [0.25, 0.3) is 22.5 Å². The molecule has 2 aromatic carbocycles. The summed E-state index contributed by atoms with van der Waals surface area (Å²) in [6.45, 7) is 2.08. The minimum absolute atomic E-state index is 0.0741. The average Bonchev–Trinajstić information content (AvgIpc) is 2.49. The second-order valence-corrected chi connectivity index (χ2v) is 4.71. The van der Waals surface area contributed by atoms with Crippen molar-refractivity contribution in [3.63, 3.8) is 0 Å². The van der Waals surface area contributed by atoms with Crippen molar-refractivity contribution in [2.24, 2.45) is 0 Å². The minimum atomic E-state index is 0.0741. The van der Waals surface area contributed by atoms with E-state index in [2.05, 4.69) is 53.3 Å². The van der Waals surface area contributed by atoms with Gasteiger partial charge < -0.3 is 5.11 Å². The first kappa shape index (κ1) is 12.4. The SMILES string of the molecule is Cc1ccc(-c2ccc(-c3ncc(O)cn3)cc2)cc1. The monoisotopic (exact) mass is 262 g/mol. The average molecular weight is 262 g/mol. The van der Waals surface area contributed by atoms with Crippen molar-refractivity contribution >= 4 is 0 Å². The summed E-state index contributed by atoms with van der Waals surface area (Å²) in [7, 11) is 0. The summed E-state index contributed by atoms with van der Waals surface area (Å²) in [5.41, 5.74) is 4.53. The number of nitrogens with zero attached hydrogens (tertiary/aromatic N) is 2. The fourth-order valence-corrected chi connectivity index (χ4v) is 2.03. The van der Waals surface area contributed by atoms with Crippen LogP contribution in [-0.4, -0.2) is 15.1 Å². The highest BCUT2D eigenvalue weighted by Crippen LogP contribution is 2.23. The highest BCUT2D eigenvalue weighted by atomic mass is 16.3. The van der Waals surface area contributed by atoms with Crippen LogP contribution < -0.4 is 0 Å². The first-order valence-electron chi connectivity index (χ1n) is 6.41. The van der Waals surface area contributed by atoms with Gasteiger partial charge in [0.25, 0.3) is 0 Å². The molecule has 98 valence electrons. The lowest BCUT2D eigenvalue weighted by Crippen LogP contribution is -1.87. The summed E-state index contributed by atoms with van der Waals surface area (Å²) in [5, 5.41) is 9.19. The van der Waals surface area contributed by atoms with Gasteiger partial charge in [0.05, 0.1) is 12.4 Å². The van der Waals surface area contributed by atoms with Crippen LogP contribution in [0, 0.1) is 6.92 Å². The number of aromatic hydroxyl groups is 1. The Hall–Kier alpha value is -2.68. The molecule has 1 N–H and O–H groups in total. The molecule has 3 nitrogen and oxygen atoms in total. The summed E-state index contributed by atoms with van der Waals surface area (Å²) < 4.78 is 0. The molecule has 0 saturated carbocycles. The van der Waals surface area contributed by atoms with E-state index in [9.17, 15) is 5.11 Å². The van der Waals surface area contributed by atoms with E-state index in [1.807, 2.05) is 12.1 Å². The molecule has 0 aliphatic carbocycles. The van der Waals surface area contributed by atoms with Gasteiger partial charge in [0.1, 0.15) is 0 Å².